The van der Waals surface area contributed by atoms with Crippen LogP contribution in [0.5, 0.6) is 0 Å². The highest BCUT2D eigenvalue weighted by atomic mass is 16.5. The number of rotatable bonds is 3. The molecule has 1 aliphatic heterocycles. The van der Waals surface area contributed by atoms with E-state index in [-0.39, 0.29) is 5.91 Å². The Balaban J connectivity index is 1.84. The van der Waals surface area contributed by atoms with Gasteiger partial charge < -0.3 is 9.47 Å². The van der Waals surface area contributed by atoms with Gasteiger partial charge >= 0.3 is 5.97 Å². The predicted octanol–water partition coefficient (Wildman–Crippen LogP) is 3.53. The maximum atomic E-state index is 12.7. The number of ether oxygens (including phenoxy) is 2. The summed E-state index contributed by atoms with van der Waals surface area (Å²) in [5.74, 6) is -0.0679. The SMILES string of the molecule is COC(=O)c1cccc(C(=O)N2C=COC(C3=CC=CCC3)=C2)c1. The fraction of sp³-hybridized carbons (Fsp3) is 0.158. The maximum absolute atomic E-state index is 12.7. The van der Waals surface area contributed by atoms with E-state index >= 15 is 0 Å². The smallest absolute Gasteiger partial charge is 0.337 e. The highest BCUT2D eigenvalue weighted by molar-refractivity contribution is 5.98. The molecule has 24 heavy (non-hydrogen) atoms. The van der Waals surface area contributed by atoms with E-state index in [2.05, 4.69) is 10.8 Å². The standard InChI is InChI=1S/C19H17NO4/c1-23-19(22)16-9-5-8-15(12-16)18(21)20-10-11-24-17(13-20)14-6-3-2-4-7-14/h2-3,5-6,8-13H,4,7H2,1H3. The Labute approximate surface area is 140 Å². The summed E-state index contributed by atoms with van der Waals surface area (Å²) in [5, 5.41) is 0. The first kappa shape index (κ1) is 15.8. The van der Waals surface area contributed by atoms with Crippen LogP contribution in [0.4, 0.5) is 0 Å². The van der Waals surface area contributed by atoms with Crippen molar-refractivity contribution < 1.29 is 19.1 Å². The van der Waals surface area contributed by atoms with E-state index in [1.807, 2.05) is 12.2 Å². The largest absolute Gasteiger partial charge is 0.465 e. The van der Waals surface area contributed by atoms with Gasteiger partial charge in [0.05, 0.1) is 18.9 Å². The van der Waals surface area contributed by atoms with Crippen molar-refractivity contribution in [1.29, 1.82) is 0 Å². The molecule has 0 fully saturated rings. The van der Waals surface area contributed by atoms with Crippen LogP contribution in [0.2, 0.25) is 0 Å². The van der Waals surface area contributed by atoms with E-state index in [0.717, 1.165) is 18.4 Å². The maximum Gasteiger partial charge on any atom is 0.337 e. The van der Waals surface area contributed by atoms with Crippen LogP contribution >= 0.6 is 0 Å². The molecule has 1 aromatic rings. The minimum Gasteiger partial charge on any atom is -0.465 e. The molecule has 2 aliphatic rings. The molecule has 0 aromatic heterocycles. The number of carbonyl (C=O) groups is 2. The molecule has 1 aliphatic carbocycles. The molecule has 5 nitrogen and oxygen atoms in total. The lowest BCUT2D eigenvalue weighted by Crippen LogP contribution is -2.23. The van der Waals surface area contributed by atoms with Crippen molar-refractivity contribution >= 4 is 11.9 Å². The average molecular weight is 323 g/mol. The number of allylic oxidation sites excluding steroid dienone is 4. The molecular formula is C19H17NO4. The Hall–Kier alpha value is -3.08. The van der Waals surface area contributed by atoms with E-state index in [4.69, 9.17) is 4.74 Å². The first-order valence-electron chi connectivity index (χ1n) is 7.61. The summed E-state index contributed by atoms with van der Waals surface area (Å²) in [5.41, 5.74) is 1.78. The third kappa shape index (κ3) is 3.30. The lowest BCUT2D eigenvalue weighted by Gasteiger charge is -2.22. The molecule has 0 spiro atoms. The molecule has 1 amide bonds. The molecule has 3 rings (SSSR count). The number of carbonyl (C=O) groups excluding carboxylic acids is 2. The van der Waals surface area contributed by atoms with Crippen molar-refractivity contribution in [1.82, 2.24) is 4.90 Å². The topological polar surface area (TPSA) is 55.8 Å². The van der Waals surface area contributed by atoms with Crippen molar-refractivity contribution in [2.75, 3.05) is 7.11 Å². The van der Waals surface area contributed by atoms with Gasteiger partial charge in [-0.1, -0.05) is 24.3 Å². The van der Waals surface area contributed by atoms with Crippen LogP contribution in [-0.4, -0.2) is 23.9 Å². The van der Waals surface area contributed by atoms with E-state index < -0.39 is 5.97 Å². The molecule has 0 atom stereocenters. The first-order valence-corrected chi connectivity index (χ1v) is 7.61. The van der Waals surface area contributed by atoms with E-state index in [0.29, 0.717) is 16.9 Å². The van der Waals surface area contributed by atoms with Gasteiger partial charge in [-0.2, -0.15) is 0 Å². The van der Waals surface area contributed by atoms with Crippen molar-refractivity contribution in [3.63, 3.8) is 0 Å². The number of nitrogens with zero attached hydrogens (tertiary/aromatic N) is 1. The van der Waals surface area contributed by atoms with Crippen molar-refractivity contribution in [2.24, 2.45) is 0 Å². The summed E-state index contributed by atoms with van der Waals surface area (Å²) in [6, 6.07) is 6.45. The van der Waals surface area contributed by atoms with Gasteiger partial charge in [0.2, 0.25) is 0 Å². The van der Waals surface area contributed by atoms with Crippen molar-refractivity contribution in [2.45, 2.75) is 12.8 Å². The Morgan fingerprint density at radius 2 is 2.08 bits per heavy atom. The van der Waals surface area contributed by atoms with Gasteiger partial charge in [0.25, 0.3) is 5.91 Å². The molecule has 0 saturated carbocycles. The van der Waals surface area contributed by atoms with Crippen LogP contribution in [-0.2, 0) is 9.47 Å². The van der Waals surface area contributed by atoms with Gasteiger partial charge in [0.15, 0.2) is 0 Å². The zero-order chi connectivity index (χ0) is 16.9. The van der Waals surface area contributed by atoms with E-state index in [1.54, 1.807) is 30.6 Å². The quantitative estimate of drug-likeness (QED) is 0.799. The monoisotopic (exact) mass is 323 g/mol. The van der Waals surface area contributed by atoms with Gasteiger partial charge in [-0.15, -0.1) is 0 Å². The summed E-state index contributed by atoms with van der Waals surface area (Å²) in [7, 11) is 1.31. The summed E-state index contributed by atoms with van der Waals surface area (Å²) < 4.78 is 10.2. The van der Waals surface area contributed by atoms with Crippen LogP contribution in [0, 0.1) is 0 Å². The Morgan fingerprint density at radius 1 is 1.25 bits per heavy atom. The molecule has 0 bridgehead atoms. The lowest BCUT2D eigenvalue weighted by atomic mass is 10.0. The van der Waals surface area contributed by atoms with E-state index in [9.17, 15) is 9.59 Å². The Bertz CT molecular complexity index is 786. The Morgan fingerprint density at radius 3 is 2.83 bits per heavy atom. The van der Waals surface area contributed by atoms with Gasteiger partial charge in [-0.25, -0.2) is 4.79 Å². The van der Waals surface area contributed by atoms with Gasteiger partial charge in [0, 0.05) is 11.8 Å². The summed E-state index contributed by atoms with van der Waals surface area (Å²) in [6.45, 7) is 0. The minimum absolute atomic E-state index is 0.246. The predicted molar refractivity (Wildman–Crippen MR) is 88.7 cm³/mol. The fourth-order valence-electron chi connectivity index (χ4n) is 2.51. The zero-order valence-corrected chi connectivity index (χ0v) is 13.3. The minimum atomic E-state index is -0.474. The molecule has 122 valence electrons. The number of benzene rings is 1. The molecular weight excluding hydrogens is 306 g/mol. The van der Waals surface area contributed by atoms with Crippen molar-refractivity contribution in [3.8, 4) is 0 Å². The number of methoxy groups -OCH3 is 1. The van der Waals surface area contributed by atoms with Crippen LogP contribution < -0.4 is 0 Å². The summed E-state index contributed by atoms with van der Waals surface area (Å²) >= 11 is 0. The number of hydrogen-bond acceptors (Lipinski definition) is 4. The number of amides is 1. The molecule has 0 unspecified atom stereocenters. The molecule has 0 radical (unpaired) electrons. The average Bonchev–Trinajstić information content (AvgIpc) is 2.67. The first-order chi connectivity index (χ1) is 11.7. The third-order valence-electron chi connectivity index (χ3n) is 3.77. The van der Waals surface area contributed by atoms with E-state index in [1.165, 1.54) is 24.3 Å². The second-order valence-corrected chi connectivity index (χ2v) is 5.34. The van der Waals surface area contributed by atoms with Crippen LogP contribution in [0.1, 0.15) is 33.6 Å². The normalized spacial score (nSPS) is 16.1. The van der Waals surface area contributed by atoms with Crippen LogP contribution in [0.3, 0.4) is 0 Å². The molecule has 1 heterocycles. The highest BCUT2D eigenvalue weighted by Gasteiger charge is 2.19. The van der Waals surface area contributed by atoms with Gasteiger partial charge in [-0.05, 0) is 36.6 Å². The fourth-order valence-corrected chi connectivity index (χ4v) is 2.51. The second-order valence-electron chi connectivity index (χ2n) is 5.34. The number of esters is 1. The molecule has 1 aromatic carbocycles. The van der Waals surface area contributed by atoms with Gasteiger partial charge in [0.1, 0.15) is 12.0 Å². The zero-order valence-electron chi connectivity index (χ0n) is 13.3. The number of hydrogen-bond donors (Lipinski definition) is 0. The van der Waals surface area contributed by atoms with Gasteiger partial charge in [-0.3, -0.25) is 9.69 Å². The third-order valence-corrected chi connectivity index (χ3v) is 3.77. The summed E-state index contributed by atoms with van der Waals surface area (Å²) in [6.07, 6.45) is 12.6. The van der Waals surface area contributed by atoms with Crippen LogP contribution in [0.25, 0.3) is 0 Å². The molecule has 0 N–H and O–H groups in total. The molecule has 5 heteroatoms. The second kappa shape index (κ2) is 7.00. The lowest BCUT2D eigenvalue weighted by molar-refractivity contribution is 0.0600. The molecule has 0 saturated heterocycles. The summed E-state index contributed by atoms with van der Waals surface area (Å²) in [4.78, 5) is 25.7. The van der Waals surface area contributed by atoms with Crippen LogP contribution in [0.15, 0.2) is 72.5 Å². The Kier molecular flexibility index (Phi) is 4.61. The van der Waals surface area contributed by atoms with Crippen molar-refractivity contribution in [3.05, 3.63) is 83.6 Å². The highest BCUT2D eigenvalue weighted by Crippen LogP contribution is 2.25.